The van der Waals surface area contributed by atoms with Crippen molar-refractivity contribution < 1.29 is 0 Å². The third-order valence-electron chi connectivity index (χ3n) is 4.53. The van der Waals surface area contributed by atoms with E-state index in [1.54, 1.807) is 0 Å². The summed E-state index contributed by atoms with van der Waals surface area (Å²) in [5, 5.41) is 0. The van der Waals surface area contributed by atoms with Crippen LogP contribution in [0.3, 0.4) is 0 Å². The molecule has 4 rings (SSSR count). The summed E-state index contributed by atoms with van der Waals surface area (Å²) in [6, 6.07) is 0. The zero-order chi connectivity index (χ0) is 7.71. The van der Waals surface area contributed by atoms with Crippen LogP contribution in [0.15, 0.2) is 23.3 Å². The van der Waals surface area contributed by atoms with Gasteiger partial charge in [-0.15, -0.1) is 0 Å². The van der Waals surface area contributed by atoms with Gasteiger partial charge in [0.15, 0.2) is 0 Å². The molecule has 0 amide bonds. The van der Waals surface area contributed by atoms with Crippen LogP contribution in [0.4, 0.5) is 0 Å². The van der Waals surface area contributed by atoms with Crippen molar-refractivity contribution in [1.29, 1.82) is 0 Å². The summed E-state index contributed by atoms with van der Waals surface area (Å²) in [4.78, 5) is 0. The highest BCUT2D eigenvalue weighted by Crippen LogP contribution is 2.61. The maximum atomic E-state index is 2.48. The van der Waals surface area contributed by atoms with E-state index in [1.165, 1.54) is 25.7 Å². The minimum Gasteiger partial charge on any atom is -0.0807 e. The third kappa shape index (κ3) is 0.485. The van der Waals surface area contributed by atoms with Crippen molar-refractivity contribution in [1.82, 2.24) is 0 Å². The molecule has 0 heterocycles. The summed E-state index contributed by atoms with van der Waals surface area (Å²) in [7, 11) is 0. The van der Waals surface area contributed by atoms with E-state index in [-0.39, 0.29) is 0 Å². The first-order valence-corrected chi connectivity index (χ1v) is 5.35. The summed E-state index contributed by atoms with van der Waals surface area (Å²) >= 11 is 0. The first-order chi connectivity index (χ1) is 5.93. The Morgan fingerprint density at radius 2 is 1.42 bits per heavy atom. The van der Waals surface area contributed by atoms with Gasteiger partial charge in [0.25, 0.3) is 0 Å². The molecule has 1 fully saturated rings. The van der Waals surface area contributed by atoms with E-state index in [4.69, 9.17) is 0 Å². The van der Waals surface area contributed by atoms with Gasteiger partial charge in [0.05, 0.1) is 0 Å². The van der Waals surface area contributed by atoms with Gasteiger partial charge in [0.1, 0.15) is 0 Å². The van der Waals surface area contributed by atoms with Gasteiger partial charge in [-0.3, -0.25) is 0 Å². The molecule has 0 aromatic heterocycles. The molecule has 62 valence electrons. The van der Waals surface area contributed by atoms with Crippen LogP contribution < -0.4 is 0 Å². The van der Waals surface area contributed by atoms with Gasteiger partial charge in [-0.1, -0.05) is 23.3 Å². The SMILES string of the molecule is C1=C[C@H]2C[C@@H]1C1=C2[C@@H]2CC[C@H]1C2. The molecule has 0 unspecified atom stereocenters. The van der Waals surface area contributed by atoms with Crippen molar-refractivity contribution in [3.05, 3.63) is 23.3 Å². The maximum Gasteiger partial charge on any atom is -0.000860 e. The minimum absolute atomic E-state index is 0.903. The van der Waals surface area contributed by atoms with Crippen molar-refractivity contribution in [2.75, 3.05) is 0 Å². The number of rotatable bonds is 0. The predicted molar refractivity (Wildman–Crippen MR) is 48.6 cm³/mol. The van der Waals surface area contributed by atoms with Crippen LogP contribution in [0.5, 0.6) is 0 Å². The molecule has 4 bridgehead atoms. The van der Waals surface area contributed by atoms with E-state index in [0.29, 0.717) is 0 Å². The molecule has 0 saturated heterocycles. The second kappa shape index (κ2) is 1.71. The lowest BCUT2D eigenvalue weighted by Crippen LogP contribution is -2.07. The van der Waals surface area contributed by atoms with Gasteiger partial charge in [-0.25, -0.2) is 0 Å². The van der Waals surface area contributed by atoms with Gasteiger partial charge in [0, 0.05) is 0 Å². The van der Waals surface area contributed by atoms with Gasteiger partial charge in [-0.05, 0) is 49.4 Å². The van der Waals surface area contributed by atoms with Crippen molar-refractivity contribution in [2.24, 2.45) is 23.7 Å². The highest BCUT2D eigenvalue weighted by atomic mass is 14.5. The molecule has 4 aliphatic rings. The Hall–Kier alpha value is -0.520. The molecule has 4 aliphatic carbocycles. The van der Waals surface area contributed by atoms with Gasteiger partial charge in [0.2, 0.25) is 0 Å². The first-order valence-electron chi connectivity index (χ1n) is 5.35. The molecule has 0 N–H and O–H groups in total. The third-order valence-corrected chi connectivity index (χ3v) is 4.53. The van der Waals surface area contributed by atoms with E-state index in [1.807, 2.05) is 11.1 Å². The standard InChI is InChI=1S/C12H14/c1-2-8-5-7(1)11-9-3-4-10(6-9)12(8)11/h1-2,7-10H,3-6H2/t7-,8+,9+,10-. The first kappa shape index (κ1) is 6.01. The van der Waals surface area contributed by atoms with Crippen LogP contribution in [-0.4, -0.2) is 0 Å². The fourth-order valence-corrected chi connectivity index (χ4v) is 4.21. The number of fused-ring (bicyclic) bond motifs is 8. The normalized spacial score (nSPS) is 52.7. The topological polar surface area (TPSA) is 0 Å². The molecule has 0 heteroatoms. The van der Waals surface area contributed by atoms with Crippen LogP contribution >= 0.6 is 0 Å². The lowest BCUT2D eigenvalue weighted by atomic mass is 9.85. The molecular weight excluding hydrogens is 144 g/mol. The lowest BCUT2D eigenvalue weighted by Gasteiger charge is -2.20. The molecule has 0 nitrogen and oxygen atoms in total. The summed E-state index contributed by atoms with van der Waals surface area (Å²) in [5.41, 5.74) is 3.83. The molecule has 0 spiro atoms. The van der Waals surface area contributed by atoms with E-state index in [9.17, 15) is 0 Å². The molecule has 0 aromatic carbocycles. The Bertz CT molecular complexity index is 280. The van der Waals surface area contributed by atoms with E-state index >= 15 is 0 Å². The van der Waals surface area contributed by atoms with Crippen LogP contribution in [0, 0.1) is 23.7 Å². The molecule has 0 aromatic rings. The highest BCUT2D eigenvalue weighted by Gasteiger charge is 2.49. The predicted octanol–water partition coefficient (Wildman–Crippen LogP) is 2.92. The second-order valence-electron chi connectivity index (χ2n) is 4.95. The van der Waals surface area contributed by atoms with Crippen molar-refractivity contribution in [2.45, 2.75) is 25.7 Å². The highest BCUT2D eigenvalue weighted by molar-refractivity contribution is 5.45. The van der Waals surface area contributed by atoms with E-state index in [0.717, 1.165) is 23.7 Å². The Balaban J connectivity index is 1.91. The number of allylic oxidation sites excluding steroid dienone is 4. The Kier molecular flexibility index (Phi) is 0.856. The van der Waals surface area contributed by atoms with E-state index in [2.05, 4.69) is 12.2 Å². The fourth-order valence-electron chi connectivity index (χ4n) is 4.21. The number of hydrogen-bond acceptors (Lipinski definition) is 0. The summed E-state index contributed by atoms with van der Waals surface area (Å²) in [5.74, 6) is 3.87. The Morgan fingerprint density at radius 3 is 2.00 bits per heavy atom. The van der Waals surface area contributed by atoms with Crippen molar-refractivity contribution >= 4 is 0 Å². The average Bonchev–Trinajstić information content (AvgIpc) is 2.83. The van der Waals surface area contributed by atoms with Gasteiger partial charge < -0.3 is 0 Å². The molecule has 12 heavy (non-hydrogen) atoms. The monoisotopic (exact) mass is 158 g/mol. The van der Waals surface area contributed by atoms with Crippen LogP contribution in [0.1, 0.15) is 25.7 Å². The van der Waals surface area contributed by atoms with Crippen molar-refractivity contribution in [3.63, 3.8) is 0 Å². The van der Waals surface area contributed by atoms with Gasteiger partial charge >= 0.3 is 0 Å². The number of hydrogen-bond donors (Lipinski definition) is 0. The second-order valence-corrected chi connectivity index (χ2v) is 4.95. The van der Waals surface area contributed by atoms with Crippen LogP contribution in [0.25, 0.3) is 0 Å². The molecule has 1 saturated carbocycles. The Labute approximate surface area is 73.4 Å². The molecule has 4 atom stereocenters. The summed E-state index contributed by atoms with van der Waals surface area (Å²) in [6.07, 6.45) is 11.0. The van der Waals surface area contributed by atoms with Crippen LogP contribution in [-0.2, 0) is 0 Å². The summed E-state index contributed by atoms with van der Waals surface area (Å²) < 4.78 is 0. The minimum atomic E-state index is 0.903. The summed E-state index contributed by atoms with van der Waals surface area (Å²) in [6.45, 7) is 0. The maximum absolute atomic E-state index is 2.48. The molecule has 0 aliphatic heterocycles. The smallest absolute Gasteiger partial charge is 0.000860 e. The molecule has 0 radical (unpaired) electrons. The van der Waals surface area contributed by atoms with Crippen LogP contribution in [0.2, 0.25) is 0 Å². The average molecular weight is 158 g/mol. The zero-order valence-corrected chi connectivity index (χ0v) is 7.29. The van der Waals surface area contributed by atoms with Crippen molar-refractivity contribution in [3.8, 4) is 0 Å². The fraction of sp³-hybridized carbons (Fsp3) is 0.667. The lowest BCUT2D eigenvalue weighted by molar-refractivity contribution is 0.555. The van der Waals surface area contributed by atoms with Gasteiger partial charge in [-0.2, -0.15) is 0 Å². The quantitative estimate of drug-likeness (QED) is 0.375. The molecular formula is C12H14. The van der Waals surface area contributed by atoms with E-state index < -0.39 is 0 Å². The largest absolute Gasteiger partial charge is 0.0807 e. The Morgan fingerprint density at radius 1 is 0.833 bits per heavy atom. The zero-order valence-electron chi connectivity index (χ0n) is 7.29.